The molecule has 0 aliphatic heterocycles. The molecule has 0 amide bonds. The second kappa shape index (κ2) is 10.1. The van der Waals surface area contributed by atoms with Crippen molar-refractivity contribution >= 4 is 0 Å². The third-order valence-electron chi connectivity index (χ3n) is 2.16. The zero-order chi connectivity index (χ0) is 12.2. The van der Waals surface area contributed by atoms with Gasteiger partial charge in [0.15, 0.2) is 0 Å². The molecule has 2 nitrogen and oxygen atoms in total. The van der Waals surface area contributed by atoms with E-state index in [2.05, 4.69) is 26.3 Å². The standard InChI is InChI=1S/C14H22O2/c1-5-15-13(3)11-9-7-8-10-12-14(4)16-6-2/h5-6H,1-4,7-12H2. The summed E-state index contributed by atoms with van der Waals surface area (Å²) in [5.41, 5.74) is 0. The summed E-state index contributed by atoms with van der Waals surface area (Å²) in [7, 11) is 0. The van der Waals surface area contributed by atoms with E-state index in [0.29, 0.717) is 0 Å². The molecule has 0 spiro atoms. The Bertz CT molecular complexity index is 215. The average molecular weight is 222 g/mol. The van der Waals surface area contributed by atoms with Gasteiger partial charge in [0.2, 0.25) is 0 Å². The van der Waals surface area contributed by atoms with Gasteiger partial charge in [0.25, 0.3) is 0 Å². The average Bonchev–Trinajstić information content (AvgIpc) is 2.24. The SMILES string of the molecule is C=COC(=C)CCCCCCC(=C)OC=C. The lowest BCUT2D eigenvalue weighted by molar-refractivity contribution is 0.326. The van der Waals surface area contributed by atoms with Crippen LogP contribution in [0.4, 0.5) is 0 Å². The number of hydrogen-bond donors (Lipinski definition) is 0. The van der Waals surface area contributed by atoms with Crippen molar-refractivity contribution in [2.24, 2.45) is 0 Å². The van der Waals surface area contributed by atoms with Crippen LogP contribution in [-0.2, 0) is 9.47 Å². The Morgan fingerprint density at radius 2 is 1.12 bits per heavy atom. The van der Waals surface area contributed by atoms with Crippen LogP contribution in [0.3, 0.4) is 0 Å². The van der Waals surface area contributed by atoms with Gasteiger partial charge in [-0.3, -0.25) is 0 Å². The van der Waals surface area contributed by atoms with Gasteiger partial charge >= 0.3 is 0 Å². The lowest BCUT2D eigenvalue weighted by Crippen LogP contribution is -1.87. The van der Waals surface area contributed by atoms with Crippen LogP contribution in [-0.4, -0.2) is 0 Å². The number of hydrogen-bond acceptors (Lipinski definition) is 2. The number of ether oxygens (including phenoxy) is 2. The van der Waals surface area contributed by atoms with Crippen LogP contribution in [0.1, 0.15) is 38.5 Å². The zero-order valence-corrected chi connectivity index (χ0v) is 10.0. The van der Waals surface area contributed by atoms with E-state index in [1.54, 1.807) is 0 Å². The number of allylic oxidation sites excluding steroid dienone is 2. The molecule has 0 aromatic carbocycles. The van der Waals surface area contributed by atoms with Crippen molar-refractivity contribution in [3.63, 3.8) is 0 Å². The summed E-state index contributed by atoms with van der Waals surface area (Å²) >= 11 is 0. The highest BCUT2D eigenvalue weighted by molar-refractivity contribution is 4.85. The first kappa shape index (κ1) is 14.6. The highest BCUT2D eigenvalue weighted by Crippen LogP contribution is 2.13. The van der Waals surface area contributed by atoms with Crippen LogP contribution in [0.2, 0.25) is 0 Å². The molecule has 0 aliphatic carbocycles. The molecular formula is C14H22O2. The van der Waals surface area contributed by atoms with Gasteiger partial charge in [-0.25, -0.2) is 0 Å². The molecule has 0 rings (SSSR count). The highest BCUT2D eigenvalue weighted by Gasteiger charge is 1.96. The van der Waals surface area contributed by atoms with Crippen molar-refractivity contribution in [3.8, 4) is 0 Å². The minimum absolute atomic E-state index is 0.786. The topological polar surface area (TPSA) is 18.5 Å². The van der Waals surface area contributed by atoms with E-state index < -0.39 is 0 Å². The van der Waals surface area contributed by atoms with Crippen LogP contribution in [0.5, 0.6) is 0 Å². The first-order chi connectivity index (χ1) is 7.70. The Hall–Kier alpha value is -1.44. The molecule has 0 radical (unpaired) electrons. The fraction of sp³-hybridized carbons (Fsp3) is 0.429. The monoisotopic (exact) mass is 222 g/mol. The predicted octanol–water partition coefficient (Wildman–Crippen LogP) is 4.67. The summed E-state index contributed by atoms with van der Waals surface area (Å²) in [6.07, 6.45) is 9.16. The van der Waals surface area contributed by atoms with Gasteiger partial charge < -0.3 is 9.47 Å². The van der Waals surface area contributed by atoms with Crippen LogP contribution >= 0.6 is 0 Å². The van der Waals surface area contributed by atoms with Gasteiger partial charge in [-0.1, -0.05) is 39.2 Å². The van der Waals surface area contributed by atoms with Gasteiger partial charge in [-0.05, 0) is 12.8 Å². The Labute approximate surface area is 99.0 Å². The molecule has 0 bridgehead atoms. The van der Waals surface area contributed by atoms with Crippen LogP contribution in [0.25, 0.3) is 0 Å². The number of unbranched alkanes of at least 4 members (excludes halogenated alkanes) is 3. The lowest BCUT2D eigenvalue weighted by atomic mass is 10.1. The highest BCUT2D eigenvalue weighted by atomic mass is 16.5. The summed E-state index contributed by atoms with van der Waals surface area (Å²) in [5.74, 6) is 1.57. The molecule has 0 fully saturated rings. The molecule has 0 atom stereocenters. The van der Waals surface area contributed by atoms with E-state index in [4.69, 9.17) is 9.47 Å². The molecule has 16 heavy (non-hydrogen) atoms. The van der Waals surface area contributed by atoms with E-state index in [-0.39, 0.29) is 0 Å². The minimum Gasteiger partial charge on any atom is -0.471 e. The normalized spacial score (nSPS) is 9.25. The largest absolute Gasteiger partial charge is 0.471 e. The van der Waals surface area contributed by atoms with Gasteiger partial charge in [0.1, 0.15) is 0 Å². The molecule has 0 aromatic heterocycles. The summed E-state index contributed by atoms with van der Waals surface area (Å²) < 4.78 is 10.1. The van der Waals surface area contributed by atoms with Crippen LogP contribution in [0.15, 0.2) is 50.4 Å². The van der Waals surface area contributed by atoms with E-state index in [1.807, 2.05) is 0 Å². The van der Waals surface area contributed by atoms with Crippen molar-refractivity contribution in [2.75, 3.05) is 0 Å². The van der Waals surface area contributed by atoms with E-state index in [9.17, 15) is 0 Å². The fourth-order valence-corrected chi connectivity index (χ4v) is 1.35. The quantitative estimate of drug-likeness (QED) is 0.373. The molecule has 2 heteroatoms. The molecule has 0 aliphatic rings. The molecule has 0 N–H and O–H groups in total. The van der Waals surface area contributed by atoms with Crippen molar-refractivity contribution in [1.29, 1.82) is 0 Å². The van der Waals surface area contributed by atoms with Crippen LogP contribution in [0, 0.1) is 0 Å². The molecule has 0 aromatic rings. The second-order valence-corrected chi connectivity index (χ2v) is 3.56. The molecule has 90 valence electrons. The van der Waals surface area contributed by atoms with E-state index in [1.165, 1.54) is 25.4 Å². The van der Waals surface area contributed by atoms with Crippen molar-refractivity contribution in [1.82, 2.24) is 0 Å². The van der Waals surface area contributed by atoms with Gasteiger partial charge in [-0.15, -0.1) is 0 Å². The zero-order valence-electron chi connectivity index (χ0n) is 10.0. The Morgan fingerprint density at radius 1 is 0.750 bits per heavy atom. The summed E-state index contributed by atoms with van der Waals surface area (Å²) in [4.78, 5) is 0. The molecule has 0 unspecified atom stereocenters. The summed E-state index contributed by atoms with van der Waals surface area (Å²) in [5, 5.41) is 0. The Kier molecular flexibility index (Phi) is 9.18. The Balaban J connectivity index is 3.27. The summed E-state index contributed by atoms with van der Waals surface area (Å²) in [6, 6.07) is 0. The first-order valence-corrected chi connectivity index (χ1v) is 5.61. The lowest BCUT2D eigenvalue weighted by Gasteiger charge is -2.05. The maximum Gasteiger partial charge on any atom is 0.0960 e. The number of rotatable bonds is 11. The summed E-state index contributed by atoms with van der Waals surface area (Å²) in [6.45, 7) is 14.5. The van der Waals surface area contributed by atoms with Gasteiger partial charge in [0.05, 0.1) is 24.0 Å². The maximum absolute atomic E-state index is 5.04. The molecular weight excluding hydrogens is 200 g/mol. The Morgan fingerprint density at radius 3 is 1.44 bits per heavy atom. The van der Waals surface area contributed by atoms with E-state index >= 15 is 0 Å². The van der Waals surface area contributed by atoms with Crippen molar-refractivity contribution < 1.29 is 9.47 Å². The minimum atomic E-state index is 0.786. The predicted molar refractivity (Wildman–Crippen MR) is 68.5 cm³/mol. The van der Waals surface area contributed by atoms with Crippen molar-refractivity contribution in [3.05, 3.63) is 50.4 Å². The van der Waals surface area contributed by atoms with Crippen molar-refractivity contribution in [2.45, 2.75) is 38.5 Å². The molecule has 0 heterocycles. The van der Waals surface area contributed by atoms with Crippen LogP contribution < -0.4 is 0 Å². The molecule has 0 saturated carbocycles. The van der Waals surface area contributed by atoms with Gasteiger partial charge in [0, 0.05) is 12.8 Å². The van der Waals surface area contributed by atoms with E-state index in [0.717, 1.165) is 37.2 Å². The van der Waals surface area contributed by atoms with Gasteiger partial charge in [-0.2, -0.15) is 0 Å². The fourth-order valence-electron chi connectivity index (χ4n) is 1.35. The first-order valence-electron chi connectivity index (χ1n) is 5.61. The third kappa shape index (κ3) is 9.13. The smallest absolute Gasteiger partial charge is 0.0960 e. The molecule has 0 saturated heterocycles. The maximum atomic E-state index is 5.04. The second-order valence-electron chi connectivity index (χ2n) is 3.56. The third-order valence-corrected chi connectivity index (χ3v) is 2.16.